The van der Waals surface area contributed by atoms with Crippen molar-refractivity contribution in [3.8, 4) is 5.75 Å². The summed E-state index contributed by atoms with van der Waals surface area (Å²) in [5.74, 6) is -0.418. The summed E-state index contributed by atoms with van der Waals surface area (Å²) in [6.45, 7) is 4.70. The average molecular weight is 394 g/mol. The molecule has 8 heteroatoms. The Hall–Kier alpha value is -3.68. The van der Waals surface area contributed by atoms with Crippen LogP contribution in [0.4, 0.5) is 0 Å². The van der Waals surface area contributed by atoms with Gasteiger partial charge in [-0.15, -0.1) is 0 Å². The molecule has 1 aromatic heterocycles. The van der Waals surface area contributed by atoms with Gasteiger partial charge in [-0.1, -0.05) is 25.1 Å². The van der Waals surface area contributed by atoms with Crippen LogP contribution in [0.25, 0.3) is 10.8 Å². The molecule has 29 heavy (non-hydrogen) atoms. The molecule has 0 aliphatic rings. The standard InChI is InChI=1S/C21H22N4O4/c1-3-13-29-15-11-9-14(10-12-15)19(26)22-23-20(27)18-16-7-5-6-8-17(16)21(28)25(4-2)24-18/h5-12H,3-4,13H2,1-2H3,(H,22,26)(H,23,27). The highest BCUT2D eigenvalue weighted by Gasteiger charge is 2.17. The minimum atomic E-state index is -0.611. The maximum atomic E-state index is 12.6. The normalized spacial score (nSPS) is 10.6. The van der Waals surface area contributed by atoms with Gasteiger partial charge in [-0.2, -0.15) is 5.10 Å². The minimum absolute atomic E-state index is 0.0608. The number of carbonyl (C=O) groups is 2. The first-order valence-corrected chi connectivity index (χ1v) is 9.38. The van der Waals surface area contributed by atoms with E-state index in [2.05, 4.69) is 16.0 Å². The molecule has 0 saturated carbocycles. The first-order valence-electron chi connectivity index (χ1n) is 9.38. The summed E-state index contributed by atoms with van der Waals surface area (Å²) in [5.41, 5.74) is 4.89. The van der Waals surface area contributed by atoms with Gasteiger partial charge in [0.1, 0.15) is 5.75 Å². The monoisotopic (exact) mass is 394 g/mol. The number of benzene rings is 2. The van der Waals surface area contributed by atoms with Crippen LogP contribution in [0.3, 0.4) is 0 Å². The maximum Gasteiger partial charge on any atom is 0.290 e. The summed E-state index contributed by atoms with van der Waals surface area (Å²) in [6, 6.07) is 13.3. The molecule has 0 aliphatic carbocycles. The van der Waals surface area contributed by atoms with Crippen molar-refractivity contribution in [3.05, 3.63) is 70.1 Å². The summed E-state index contributed by atoms with van der Waals surface area (Å²) < 4.78 is 6.70. The van der Waals surface area contributed by atoms with Crippen molar-refractivity contribution in [2.45, 2.75) is 26.8 Å². The zero-order valence-corrected chi connectivity index (χ0v) is 16.3. The Morgan fingerprint density at radius 3 is 2.28 bits per heavy atom. The van der Waals surface area contributed by atoms with Gasteiger partial charge in [-0.25, -0.2) is 4.68 Å². The topological polar surface area (TPSA) is 102 Å². The fourth-order valence-electron chi connectivity index (χ4n) is 2.78. The van der Waals surface area contributed by atoms with E-state index in [0.29, 0.717) is 35.2 Å². The van der Waals surface area contributed by atoms with E-state index >= 15 is 0 Å². The molecule has 0 bridgehead atoms. The second-order valence-corrected chi connectivity index (χ2v) is 6.30. The number of amides is 2. The lowest BCUT2D eigenvalue weighted by molar-refractivity contribution is 0.0843. The van der Waals surface area contributed by atoms with Crippen molar-refractivity contribution in [1.82, 2.24) is 20.6 Å². The predicted molar refractivity (Wildman–Crippen MR) is 109 cm³/mol. The van der Waals surface area contributed by atoms with Crippen LogP contribution in [0.15, 0.2) is 53.3 Å². The third-order valence-corrected chi connectivity index (χ3v) is 4.26. The number of hydrogen-bond acceptors (Lipinski definition) is 5. The molecular weight excluding hydrogens is 372 g/mol. The lowest BCUT2D eigenvalue weighted by Gasteiger charge is -2.11. The van der Waals surface area contributed by atoms with Gasteiger partial charge in [-0.3, -0.25) is 25.2 Å². The molecule has 2 amide bonds. The Morgan fingerprint density at radius 2 is 1.62 bits per heavy atom. The Bertz CT molecular complexity index is 1090. The van der Waals surface area contributed by atoms with Gasteiger partial charge in [0.25, 0.3) is 17.4 Å². The molecule has 0 aliphatic heterocycles. The van der Waals surface area contributed by atoms with Gasteiger partial charge >= 0.3 is 0 Å². The Balaban J connectivity index is 1.75. The number of ether oxygens (including phenoxy) is 1. The second-order valence-electron chi connectivity index (χ2n) is 6.30. The third-order valence-electron chi connectivity index (χ3n) is 4.26. The minimum Gasteiger partial charge on any atom is -0.494 e. The molecule has 2 N–H and O–H groups in total. The molecule has 1 heterocycles. The third kappa shape index (κ3) is 4.43. The molecule has 3 aromatic rings. The number of hydrazine groups is 1. The first kappa shape index (κ1) is 20.1. The maximum absolute atomic E-state index is 12.6. The molecule has 0 saturated heterocycles. The molecule has 0 fully saturated rings. The van der Waals surface area contributed by atoms with E-state index in [1.165, 1.54) is 4.68 Å². The van der Waals surface area contributed by atoms with Crippen LogP contribution in [-0.2, 0) is 6.54 Å². The van der Waals surface area contributed by atoms with Gasteiger partial charge in [0, 0.05) is 17.5 Å². The molecule has 0 atom stereocenters. The van der Waals surface area contributed by atoms with Crippen molar-refractivity contribution in [2.24, 2.45) is 0 Å². The summed E-state index contributed by atoms with van der Waals surface area (Å²) >= 11 is 0. The quantitative estimate of drug-likeness (QED) is 0.625. The molecule has 150 valence electrons. The lowest BCUT2D eigenvalue weighted by Crippen LogP contribution is -2.42. The fourth-order valence-corrected chi connectivity index (χ4v) is 2.78. The number of rotatable bonds is 6. The highest BCUT2D eigenvalue weighted by atomic mass is 16.5. The van der Waals surface area contributed by atoms with Crippen LogP contribution in [0, 0.1) is 0 Å². The molecular formula is C21H22N4O4. The van der Waals surface area contributed by atoms with Gasteiger partial charge in [0.15, 0.2) is 5.69 Å². The zero-order chi connectivity index (χ0) is 20.8. The number of nitrogens with one attached hydrogen (secondary N) is 2. The number of fused-ring (bicyclic) bond motifs is 1. The molecule has 3 rings (SSSR count). The summed E-state index contributed by atoms with van der Waals surface area (Å²) in [6.07, 6.45) is 0.891. The Morgan fingerprint density at radius 1 is 0.966 bits per heavy atom. The van der Waals surface area contributed by atoms with Crippen LogP contribution in [0.5, 0.6) is 5.75 Å². The highest BCUT2D eigenvalue weighted by Crippen LogP contribution is 2.14. The van der Waals surface area contributed by atoms with E-state index in [4.69, 9.17) is 4.74 Å². The number of carbonyl (C=O) groups excluding carboxylic acids is 2. The molecule has 0 unspecified atom stereocenters. The SMILES string of the molecule is CCCOc1ccc(C(=O)NNC(=O)c2nn(CC)c(=O)c3ccccc23)cc1. The van der Waals surface area contributed by atoms with Crippen LogP contribution in [-0.4, -0.2) is 28.2 Å². The zero-order valence-electron chi connectivity index (χ0n) is 16.3. The number of hydrogen-bond donors (Lipinski definition) is 2. The van der Waals surface area contributed by atoms with Crippen molar-refractivity contribution in [3.63, 3.8) is 0 Å². The Labute approximate surface area is 167 Å². The average Bonchev–Trinajstić information content (AvgIpc) is 2.76. The van der Waals surface area contributed by atoms with E-state index in [1.807, 2.05) is 6.92 Å². The van der Waals surface area contributed by atoms with Gasteiger partial charge in [-0.05, 0) is 43.7 Å². The summed E-state index contributed by atoms with van der Waals surface area (Å²) in [4.78, 5) is 37.3. The summed E-state index contributed by atoms with van der Waals surface area (Å²) in [7, 11) is 0. The van der Waals surface area contributed by atoms with E-state index in [0.717, 1.165) is 6.42 Å². The van der Waals surface area contributed by atoms with Gasteiger partial charge < -0.3 is 4.74 Å². The van der Waals surface area contributed by atoms with Crippen LogP contribution in [0.1, 0.15) is 41.1 Å². The predicted octanol–water partition coefficient (Wildman–Crippen LogP) is 2.28. The van der Waals surface area contributed by atoms with Crippen LogP contribution in [0.2, 0.25) is 0 Å². The Kier molecular flexibility index (Phi) is 6.23. The van der Waals surface area contributed by atoms with E-state index in [9.17, 15) is 14.4 Å². The van der Waals surface area contributed by atoms with Gasteiger partial charge in [0.05, 0.1) is 12.0 Å². The lowest BCUT2D eigenvalue weighted by atomic mass is 10.1. The fraction of sp³-hybridized carbons (Fsp3) is 0.238. The second kappa shape index (κ2) is 9.01. The first-order chi connectivity index (χ1) is 14.0. The van der Waals surface area contributed by atoms with Crippen molar-refractivity contribution >= 4 is 22.6 Å². The molecule has 2 aromatic carbocycles. The summed E-state index contributed by atoms with van der Waals surface area (Å²) in [5, 5.41) is 4.95. The van der Waals surface area contributed by atoms with E-state index in [-0.39, 0.29) is 11.3 Å². The van der Waals surface area contributed by atoms with Crippen LogP contribution < -0.4 is 21.1 Å². The highest BCUT2D eigenvalue weighted by molar-refractivity contribution is 6.06. The van der Waals surface area contributed by atoms with E-state index in [1.54, 1.807) is 55.5 Å². The number of nitrogens with zero attached hydrogens (tertiary/aromatic N) is 2. The van der Waals surface area contributed by atoms with Crippen molar-refractivity contribution in [1.29, 1.82) is 0 Å². The van der Waals surface area contributed by atoms with Crippen LogP contribution >= 0.6 is 0 Å². The smallest absolute Gasteiger partial charge is 0.290 e. The number of aromatic nitrogens is 2. The van der Waals surface area contributed by atoms with Crippen molar-refractivity contribution in [2.75, 3.05) is 6.61 Å². The largest absolute Gasteiger partial charge is 0.494 e. The molecule has 8 nitrogen and oxygen atoms in total. The number of aryl methyl sites for hydroxylation is 1. The van der Waals surface area contributed by atoms with E-state index < -0.39 is 11.8 Å². The van der Waals surface area contributed by atoms with Gasteiger partial charge in [0.2, 0.25) is 0 Å². The molecule has 0 spiro atoms. The van der Waals surface area contributed by atoms with Crippen molar-refractivity contribution < 1.29 is 14.3 Å². The molecule has 0 radical (unpaired) electrons.